The summed E-state index contributed by atoms with van der Waals surface area (Å²) in [6.45, 7) is 5.67. The molecule has 1 aromatic heterocycles. The number of nitrogens with zero attached hydrogens (tertiary/aromatic N) is 1. The van der Waals surface area contributed by atoms with Crippen molar-refractivity contribution in [3.63, 3.8) is 0 Å². The minimum atomic E-state index is -0.906. The van der Waals surface area contributed by atoms with Crippen molar-refractivity contribution in [3.05, 3.63) is 24.2 Å². The Labute approximate surface area is 106 Å². The Bertz CT molecular complexity index is 397. The molecule has 1 unspecified atom stereocenters. The first-order valence-electron chi connectivity index (χ1n) is 5.95. The predicted molar refractivity (Wildman–Crippen MR) is 65.8 cm³/mol. The minimum absolute atomic E-state index is 0.0699. The van der Waals surface area contributed by atoms with Crippen LogP contribution in [0.1, 0.15) is 26.5 Å². The van der Waals surface area contributed by atoms with Gasteiger partial charge in [0.2, 0.25) is 5.91 Å². The number of hydrogen-bond donors (Lipinski definition) is 1. The molecule has 1 rings (SSSR count). The fourth-order valence-electron chi connectivity index (χ4n) is 1.60. The molecule has 0 saturated carbocycles. The Morgan fingerprint density at radius 2 is 2.06 bits per heavy atom. The normalized spacial score (nSPS) is 12.4. The highest BCUT2D eigenvalue weighted by Crippen LogP contribution is 2.12. The van der Waals surface area contributed by atoms with Gasteiger partial charge in [-0.05, 0) is 12.1 Å². The van der Waals surface area contributed by atoms with Gasteiger partial charge < -0.3 is 14.4 Å². The minimum Gasteiger partial charge on any atom is -0.481 e. The van der Waals surface area contributed by atoms with E-state index in [4.69, 9.17) is 9.52 Å². The molecule has 0 aromatic carbocycles. The second kappa shape index (κ2) is 6.23. The highest BCUT2D eigenvalue weighted by molar-refractivity contribution is 5.79. The lowest BCUT2D eigenvalue weighted by atomic mass is 10.1. The maximum absolute atomic E-state index is 12.0. The third kappa shape index (κ3) is 3.91. The van der Waals surface area contributed by atoms with Gasteiger partial charge in [-0.2, -0.15) is 0 Å². The molecule has 0 aliphatic rings. The molecule has 0 fully saturated rings. The molecule has 18 heavy (non-hydrogen) atoms. The van der Waals surface area contributed by atoms with Gasteiger partial charge in [-0.15, -0.1) is 0 Å². The van der Waals surface area contributed by atoms with E-state index in [9.17, 15) is 9.59 Å². The maximum atomic E-state index is 12.0. The van der Waals surface area contributed by atoms with E-state index in [1.807, 2.05) is 0 Å². The number of aliphatic carboxylic acids is 1. The van der Waals surface area contributed by atoms with E-state index in [1.54, 1.807) is 32.9 Å². The van der Waals surface area contributed by atoms with Crippen molar-refractivity contribution in [2.24, 2.45) is 11.8 Å². The molecule has 1 aromatic rings. The number of rotatable bonds is 6. The van der Waals surface area contributed by atoms with Crippen LogP contribution < -0.4 is 0 Å². The molecule has 100 valence electrons. The smallest absolute Gasteiger partial charge is 0.308 e. The zero-order chi connectivity index (χ0) is 13.7. The summed E-state index contributed by atoms with van der Waals surface area (Å²) in [5, 5.41) is 8.92. The van der Waals surface area contributed by atoms with E-state index in [2.05, 4.69) is 0 Å². The Kier molecular flexibility index (Phi) is 4.95. The van der Waals surface area contributed by atoms with Crippen molar-refractivity contribution in [1.29, 1.82) is 0 Å². The molecule has 0 aliphatic carbocycles. The molecule has 1 amide bonds. The predicted octanol–water partition coefficient (Wildman–Crippen LogP) is 1.98. The van der Waals surface area contributed by atoms with Crippen LogP contribution in [0.2, 0.25) is 0 Å². The number of furan rings is 1. The van der Waals surface area contributed by atoms with Crippen LogP contribution >= 0.6 is 0 Å². The van der Waals surface area contributed by atoms with E-state index in [1.165, 1.54) is 11.2 Å². The quantitative estimate of drug-likeness (QED) is 0.841. The van der Waals surface area contributed by atoms with Crippen LogP contribution in [-0.4, -0.2) is 28.4 Å². The molecule has 0 saturated heterocycles. The first kappa shape index (κ1) is 14.3. The van der Waals surface area contributed by atoms with Crippen molar-refractivity contribution < 1.29 is 19.1 Å². The third-order valence-corrected chi connectivity index (χ3v) is 2.65. The Morgan fingerprint density at radius 3 is 2.50 bits per heavy atom. The van der Waals surface area contributed by atoms with Gasteiger partial charge in [0.05, 0.1) is 18.7 Å². The van der Waals surface area contributed by atoms with Gasteiger partial charge in [-0.1, -0.05) is 20.8 Å². The van der Waals surface area contributed by atoms with E-state index in [0.29, 0.717) is 12.3 Å². The fraction of sp³-hybridized carbons (Fsp3) is 0.538. The topological polar surface area (TPSA) is 70.8 Å². The molecule has 1 heterocycles. The second-order valence-electron chi connectivity index (χ2n) is 4.69. The van der Waals surface area contributed by atoms with Crippen molar-refractivity contribution in [3.8, 4) is 0 Å². The standard InChI is InChI=1S/C13H19NO4/c1-9(2)12(15)14(7-10(3)13(16)17)8-11-5-4-6-18-11/h4-6,9-10H,7-8H2,1-3H3,(H,16,17). The summed E-state index contributed by atoms with van der Waals surface area (Å²) in [6, 6.07) is 3.51. The number of carbonyl (C=O) groups is 2. The first-order chi connectivity index (χ1) is 8.41. The average molecular weight is 253 g/mol. The average Bonchev–Trinajstić information content (AvgIpc) is 2.79. The van der Waals surface area contributed by atoms with Gasteiger partial charge in [-0.25, -0.2) is 0 Å². The van der Waals surface area contributed by atoms with Crippen molar-refractivity contribution in [2.75, 3.05) is 6.54 Å². The molecule has 5 heteroatoms. The van der Waals surface area contributed by atoms with Crippen molar-refractivity contribution >= 4 is 11.9 Å². The largest absolute Gasteiger partial charge is 0.481 e. The van der Waals surface area contributed by atoms with Gasteiger partial charge in [-0.3, -0.25) is 9.59 Å². The lowest BCUT2D eigenvalue weighted by Crippen LogP contribution is -2.38. The van der Waals surface area contributed by atoms with Gasteiger partial charge >= 0.3 is 5.97 Å². The van der Waals surface area contributed by atoms with E-state index in [-0.39, 0.29) is 18.4 Å². The number of carbonyl (C=O) groups excluding carboxylic acids is 1. The highest BCUT2D eigenvalue weighted by atomic mass is 16.4. The lowest BCUT2D eigenvalue weighted by Gasteiger charge is -2.25. The van der Waals surface area contributed by atoms with Gasteiger partial charge in [0.1, 0.15) is 5.76 Å². The number of amides is 1. The SMILES string of the molecule is CC(C)C(=O)N(Cc1ccco1)CC(C)C(=O)O. The van der Waals surface area contributed by atoms with Crippen LogP contribution in [0.3, 0.4) is 0 Å². The summed E-state index contributed by atoms with van der Waals surface area (Å²) in [4.78, 5) is 24.4. The van der Waals surface area contributed by atoms with Crippen molar-refractivity contribution in [2.45, 2.75) is 27.3 Å². The van der Waals surface area contributed by atoms with Crippen LogP contribution in [0, 0.1) is 11.8 Å². The van der Waals surface area contributed by atoms with Crippen LogP contribution in [0.25, 0.3) is 0 Å². The highest BCUT2D eigenvalue weighted by Gasteiger charge is 2.23. The number of carboxylic acids is 1. The summed E-state index contributed by atoms with van der Waals surface area (Å²) in [6.07, 6.45) is 1.54. The first-order valence-corrected chi connectivity index (χ1v) is 5.95. The molecule has 5 nitrogen and oxygen atoms in total. The van der Waals surface area contributed by atoms with Gasteiger partial charge in [0, 0.05) is 12.5 Å². The fourth-order valence-corrected chi connectivity index (χ4v) is 1.60. The van der Waals surface area contributed by atoms with Crippen LogP contribution in [0.4, 0.5) is 0 Å². The molecule has 0 spiro atoms. The Morgan fingerprint density at radius 1 is 1.39 bits per heavy atom. The molecule has 0 radical (unpaired) electrons. The zero-order valence-electron chi connectivity index (χ0n) is 10.9. The van der Waals surface area contributed by atoms with Gasteiger partial charge in [0.15, 0.2) is 0 Å². The second-order valence-corrected chi connectivity index (χ2v) is 4.69. The molecule has 1 N–H and O–H groups in total. The van der Waals surface area contributed by atoms with Crippen LogP contribution in [-0.2, 0) is 16.1 Å². The lowest BCUT2D eigenvalue weighted by molar-refractivity contribution is -0.144. The maximum Gasteiger partial charge on any atom is 0.308 e. The number of hydrogen-bond acceptors (Lipinski definition) is 3. The monoisotopic (exact) mass is 253 g/mol. The summed E-state index contributed by atoms with van der Waals surface area (Å²) < 4.78 is 5.19. The van der Waals surface area contributed by atoms with E-state index in [0.717, 1.165) is 0 Å². The third-order valence-electron chi connectivity index (χ3n) is 2.65. The van der Waals surface area contributed by atoms with Crippen molar-refractivity contribution in [1.82, 2.24) is 4.90 Å². The number of carboxylic acid groups (broad SMARTS) is 1. The zero-order valence-corrected chi connectivity index (χ0v) is 10.9. The van der Waals surface area contributed by atoms with Gasteiger partial charge in [0.25, 0.3) is 0 Å². The van der Waals surface area contributed by atoms with E-state index < -0.39 is 11.9 Å². The molecule has 0 bridgehead atoms. The Hall–Kier alpha value is -1.78. The Balaban J connectivity index is 2.75. The summed E-state index contributed by atoms with van der Waals surface area (Å²) in [5.74, 6) is -1.08. The summed E-state index contributed by atoms with van der Waals surface area (Å²) >= 11 is 0. The van der Waals surface area contributed by atoms with E-state index >= 15 is 0 Å². The molecular weight excluding hydrogens is 234 g/mol. The molecule has 1 atom stereocenters. The molecular formula is C13H19NO4. The summed E-state index contributed by atoms with van der Waals surface area (Å²) in [5.41, 5.74) is 0. The van der Waals surface area contributed by atoms with Crippen LogP contribution in [0.15, 0.2) is 22.8 Å². The van der Waals surface area contributed by atoms with Crippen LogP contribution in [0.5, 0.6) is 0 Å². The summed E-state index contributed by atoms with van der Waals surface area (Å²) in [7, 11) is 0. The molecule has 0 aliphatic heterocycles.